The number of hydrogen-bond donors (Lipinski definition) is 4. The van der Waals surface area contributed by atoms with Gasteiger partial charge in [0.25, 0.3) is 0 Å². The van der Waals surface area contributed by atoms with Gasteiger partial charge < -0.3 is 16.7 Å². The molecule has 1 aromatic carbocycles. The van der Waals surface area contributed by atoms with Gasteiger partial charge in [0, 0.05) is 4.75 Å². The number of fused-ring (bicyclic) bond motifs is 1. The number of nitrogens with one attached hydrogen (secondary N) is 2. The monoisotopic (exact) mass is 453 g/mol. The molecule has 2 amide bonds. The van der Waals surface area contributed by atoms with Gasteiger partial charge in [-0.2, -0.15) is 13.1 Å². The third-order valence-corrected chi connectivity index (χ3v) is 6.74. The molecule has 4 N–H and O–H groups in total. The minimum absolute atomic E-state index is 0. The SMILES string of the molecule is CC1(C)S[C@@H]2[C@H](NC(=O)C(NS(=O)(=O)O)c3ccccc3)C(=O)N2[C@H]1C(=O)O.[H-].[Na+]. The maximum Gasteiger partial charge on any atom is 1.00 e. The van der Waals surface area contributed by atoms with Crippen LogP contribution >= 0.6 is 11.8 Å². The van der Waals surface area contributed by atoms with Crippen molar-refractivity contribution in [1.82, 2.24) is 14.9 Å². The smallest absolute Gasteiger partial charge is 1.00 e. The molecule has 0 spiro atoms. The summed E-state index contributed by atoms with van der Waals surface area (Å²) >= 11 is 1.25. The number of carbonyl (C=O) groups is 3. The molecule has 1 aromatic rings. The molecule has 3 rings (SSSR count). The van der Waals surface area contributed by atoms with Crippen LogP contribution in [0.2, 0.25) is 0 Å². The summed E-state index contributed by atoms with van der Waals surface area (Å²) in [6.45, 7) is 3.40. The third-order valence-electron chi connectivity index (χ3n) is 4.63. The predicted octanol–water partition coefficient (Wildman–Crippen LogP) is -3.13. The molecule has 10 nitrogen and oxygen atoms in total. The van der Waals surface area contributed by atoms with E-state index in [1.807, 2.05) is 4.72 Å². The van der Waals surface area contributed by atoms with E-state index in [1.165, 1.54) is 28.8 Å². The Morgan fingerprint density at radius 1 is 1.28 bits per heavy atom. The van der Waals surface area contributed by atoms with Gasteiger partial charge in [0.2, 0.25) is 11.8 Å². The molecule has 2 aliphatic rings. The molecule has 4 atom stereocenters. The molecule has 2 fully saturated rings. The average Bonchev–Trinajstić information content (AvgIpc) is 2.85. The van der Waals surface area contributed by atoms with Gasteiger partial charge in [-0.3, -0.25) is 14.1 Å². The van der Waals surface area contributed by atoms with Crippen molar-refractivity contribution in [1.29, 1.82) is 0 Å². The van der Waals surface area contributed by atoms with Gasteiger partial charge in [0.05, 0.1) is 0 Å². The molecule has 13 heteroatoms. The topological polar surface area (TPSA) is 153 Å². The number of hydrogen-bond acceptors (Lipinski definition) is 6. The number of carbonyl (C=O) groups excluding carboxylic acids is 2. The van der Waals surface area contributed by atoms with E-state index < -0.39 is 56.3 Å². The Morgan fingerprint density at radius 3 is 2.38 bits per heavy atom. The van der Waals surface area contributed by atoms with Gasteiger partial charge >= 0.3 is 45.8 Å². The van der Waals surface area contributed by atoms with Crippen LogP contribution in [0, 0.1) is 0 Å². The fraction of sp³-hybridized carbons (Fsp3) is 0.438. The van der Waals surface area contributed by atoms with Crippen LogP contribution in [-0.4, -0.2) is 63.0 Å². The van der Waals surface area contributed by atoms with Gasteiger partial charge in [-0.25, -0.2) is 4.79 Å². The molecule has 0 saturated carbocycles. The molecular weight excluding hydrogens is 433 g/mol. The number of benzene rings is 1. The fourth-order valence-electron chi connectivity index (χ4n) is 3.45. The first kappa shape index (κ1) is 24.1. The van der Waals surface area contributed by atoms with Crippen LogP contribution in [0.1, 0.15) is 26.9 Å². The molecule has 2 aliphatic heterocycles. The minimum Gasteiger partial charge on any atom is -1.00 e. The molecule has 0 bridgehead atoms. The summed E-state index contributed by atoms with van der Waals surface area (Å²) in [5, 5.41) is 11.3. The Balaban J connectivity index is 0.00000225. The Morgan fingerprint density at radius 2 is 1.86 bits per heavy atom. The second-order valence-electron chi connectivity index (χ2n) is 7.02. The summed E-state index contributed by atoms with van der Waals surface area (Å²) in [7, 11) is -4.70. The first-order chi connectivity index (χ1) is 12.9. The fourth-order valence-corrected chi connectivity index (χ4v) is 5.62. The minimum atomic E-state index is -4.70. The van der Waals surface area contributed by atoms with E-state index in [1.54, 1.807) is 32.0 Å². The van der Waals surface area contributed by atoms with Gasteiger partial charge in [-0.1, -0.05) is 30.3 Å². The number of nitrogens with zero attached hydrogens (tertiary/aromatic N) is 1. The van der Waals surface area contributed by atoms with Crippen LogP contribution in [0.3, 0.4) is 0 Å². The van der Waals surface area contributed by atoms with E-state index in [2.05, 4.69) is 5.32 Å². The standard InChI is InChI=1S/C16H19N3O7S2.Na.H/c1-16(2)11(15(22)23)19-13(21)10(14(19)27-16)17-12(20)9(18-28(24,25)26)8-6-4-3-5-7-8;;/h3-7,9-11,14,18H,1-2H3,(H,17,20)(H,22,23)(H,24,25,26);;/q;+1;-1/t9?,10-,11+,14-;;/m1../s1. The molecule has 0 aromatic heterocycles. The van der Waals surface area contributed by atoms with Crippen LogP contribution in [0.4, 0.5) is 0 Å². The molecule has 1 unspecified atom stereocenters. The van der Waals surface area contributed by atoms with Crippen molar-refractivity contribution in [2.45, 2.75) is 42.1 Å². The van der Waals surface area contributed by atoms with Gasteiger partial charge in [-0.15, -0.1) is 11.8 Å². The Kier molecular flexibility index (Phi) is 7.10. The van der Waals surface area contributed by atoms with Crippen molar-refractivity contribution < 1.29 is 63.4 Å². The normalized spacial score (nSPS) is 26.0. The second kappa shape index (κ2) is 8.53. The molecule has 29 heavy (non-hydrogen) atoms. The number of β-lactam (4-membered cyclic amide) rings is 1. The van der Waals surface area contributed by atoms with E-state index in [9.17, 15) is 27.9 Å². The summed E-state index contributed by atoms with van der Waals surface area (Å²) in [6.07, 6.45) is 0. The summed E-state index contributed by atoms with van der Waals surface area (Å²) in [6, 6.07) is 4.36. The van der Waals surface area contributed by atoms with Crippen LogP contribution in [0.15, 0.2) is 30.3 Å². The van der Waals surface area contributed by atoms with Crippen molar-refractivity contribution in [3.8, 4) is 0 Å². The molecule has 2 saturated heterocycles. The van der Waals surface area contributed by atoms with Crippen LogP contribution in [0.5, 0.6) is 0 Å². The van der Waals surface area contributed by atoms with Crippen LogP contribution in [-0.2, 0) is 24.7 Å². The maximum atomic E-state index is 12.7. The van der Waals surface area contributed by atoms with E-state index >= 15 is 0 Å². The van der Waals surface area contributed by atoms with E-state index in [4.69, 9.17) is 4.55 Å². The number of carboxylic acid groups (broad SMARTS) is 1. The number of rotatable bonds is 6. The Hall–Kier alpha value is -1.15. The first-order valence-corrected chi connectivity index (χ1v) is 10.6. The molecule has 2 heterocycles. The third kappa shape index (κ3) is 4.79. The van der Waals surface area contributed by atoms with Crippen molar-refractivity contribution in [2.75, 3.05) is 0 Å². The van der Waals surface area contributed by atoms with E-state index in [-0.39, 0.29) is 36.5 Å². The van der Waals surface area contributed by atoms with Crippen molar-refractivity contribution >= 4 is 39.8 Å². The van der Waals surface area contributed by atoms with Crippen molar-refractivity contribution in [3.63, 3.8) is 0 Å². The Bertz CT molecular complexity index is 932. The van der Waals surface area contributed by atoms with Gasteiger partial charge in [-0.05, 0) is 19.4 Å². The number of carboxylic acids is 1. The quantitative estimate of drug-likeness (QED) is 0.200. The van der Waals surface area contributed by atoms with Gasteiger partial charge in [0.1, 0.15) is 23.5 Å². The van der Waals surface area contributed by atoms with E-state index in [0.717, 1.165) is 0 Å². The zero-order valence-corrected chi connectivity index (χ0v) is 19.5. The molecule has 154 valence electrons. The number of thioether (sulfide) groups is 1. The molecule has 0 radical (unpaired) electrons. The zero-order valence-electron chi connectivity index (χ0n) is 16.9. The van der Waals surface area contributed by atoms with Crippen molar-refractivity contribution in [2.24, 2.45) is 0 Å². The summed E-state index contributed by atoms with van der Waals surface area (Å²) in [4.78, 5) is 37.9. The molecule has 0 aliphatic carbocycles. The number of aliphatic carboxylic acids is 1. The summed E-state index contributed by atoms with van der Waals surface area (Å²) < 4.78 is 32.7. The van der Waals surface area contributed by atoms with E-state index in [0.29, 0.717) is 0 Å². The van der Waals surface area contributed by atoms with Gasteiger partial charge in [0.15, 0.2) is 0 Å². The zero-order chi connectivity index (χ0) is 20.9. The second-order valence-corrected chi connectivity index (χ2v) is 9.98. The van der Waals surface area contributed by atoms with Crippen LogP contribution in [0.25, 0.3) is 0 Å². The maximum absolute atomic E-state index is 12.7. The molecular formula is C16H20N3NaO7S2. The summed E-state index contributed by atoms with van der Waals surface area (Å²) in [5.41, 5.74) is 0.268. The summed E-state index contributed by atoms with van der Waals surface area (Å²) in [5.74, 6) is -2.52. The van der Waals surface area contributed by atoms with Crippen molar-refractivity contribution in [3.05, 3.63) is 35.9 Å². The number of amides is 2. The van der Waals surface area contributed by atoms with Crippen LogP contribution < -0.4 is 39.6 Å². The average molecular weight is 453 g/mol. The predicted molar refractivity (Wildman–Crippen MR) is 101 cm³/mol. The first-order valence-electron chi connectivity index (χ1n) is 8.25. The largest absolute Gasteiger partial charge is 1.00 e. The Labute approximate surface area is 195 Å².